The summed E-state index contributed by atoms with van der Waals surface area (Å²) in [6.45, 7) is 6.61. The maximum atomic E-state index is 12.4. The summed E-state index contributed by atoms with van der Waals surface area (Å²) in [5, 5.41) is 0. The van der Waals surface area contributed by atoms with Gasteiger partial charge in [-0.05, 0) is 26.0 Å². The number of carbonyl (C=O) groups excluding carboxylic acids is 1. The van der Waals surface area contributed by atoms with E-state index in [0.717, 1.165) is 24.5 Å². The van der Waals surface area contributed by atoms with E-state index >= 15 is 0 Å². The van der Waals surface area contributed by atoms with Crippen LogP contribution >= 0.6 is 0 Å². The summed E-state index contributed by atoms with van der Waals surface area (Å²) in [6.07, 6.45) is 0. The fourth-order valence-corrected chi connectivity index (χ4v) is 2.51. The zero-order chi connectivity index (χ0) is 15.5. The first-order chi connectivity index (χ1) is 9.99. The van der Waals surface area contributed by atoms with Crippen LogP contribution in [0.2, 0.25) is 0 Å². The van der Waals surface area contributed by atoms with Crippen LogP contribution in [-0.4, -0.2) is 56.8 Å². The molecule has 1 aromatic carbocycles. The van der Waals surface area contributed by atoms with Crippen LogP contribution in [0, 0.1) is 0 Å². The van der Waals surface area contributed by atoms with Crippen LogP contribution in [0.1, 0.15) is 13.8 Å². The lowest BCUT2D eigenvalue weighted by Crippen LogP contribution is -2.54. The van der Waals surface area contributed by atoms with Crippen molar-refractivity contribution in [3.63, 3.8) is 0 Å². The lowest BCUT2D eigenvalue weighted by atomic mass is 10.1. The maximum absolute atomic E-state index is 12.4. The summed E-state index contributed by atoms with van der Waals surface area (Å²) in [5.41, 5.74) is 0.324. The summed E-state index contributed by atoms with van der Waals surface area (Å²) in [7, 11) is 3.25. The monoisotopic (exact) mass is 292 g/mol. The largest absolute Gasteiger partial charge is 0.495 e. The van der Waals surface area contributed by atoms with Gasteiger partial charge in [-0.1, -0.05) is 12.1 Å². The second-order valence-electron chi connectivity index (χ2n) is 5.67. The van der Waals surface area contributed by atoms with Crippen molar-refractivity contribution in [3.8, 4) is 5.75 Å². The van der Waals surface area contributed by atoms with Crippen LogP contribution < -0.4 is 9.64 Å². The second kappa shape index (κ2) is 6.35. The Kier molecular flexibility index (Phi) is 4.73. The van der Waals surface area contributed by atoms with Crippen molar-refractivity contribution < 1.29 is 14.3 Å². The van der Waals surface area contributed by atoms with Gasteiger partial charge in [-0.3, -0.25) is 4.79 Å². The number of carbonyl (C=O) groups is 1. The van der Waals surface area contributed by atoms with Gasteiger partial charge in [0.25, 0.3) is 5.91 Å². The molecule has 5 nitrogen and oxygen atoms in total. The van der Waals surface area contributed by atoms with Gasteiger partial charge in [0.1, 0.15) is 11.4 Å². The molecule has 1 aliphatic rings. The second-order valence-corrected chi connectivity index (χ2v) is 5.67. The number of benzene rings is 1. The van der Waals surface area contributed by atoms with Gasteiger partial charge < -0.3 is 19.3 Å². The van der Waals surface area contributed by atoms with Crippen LogP contribution in [0.3, 0.4) is 0 Å². The normalized spacial score (nSPS) is 16.0. The van der Waals surface area contributed by atoms with Gasteiger partial charge in [-0.15, -0.1) is 0 Å². The molecular weight excluding hydrogens is 268 g/mol. The molecule has 0 aromatic heterocycles. The van der Waals surface area contributed by atoms with E-state index in [9.17, 15) is 4.79 Å². The standard InChI is InChI=1S/C16H24N2O3/c1-16(2,21-4)15(19)18-11-9-17(10-12-18)13-7-5-6-8-14(13)20-3/h5-8H,9-12H2,1-4H3. The van der Waals surface area contributed by atoms with Crippen LogP contribution in [0.15, 0.2) is 24.3 Å². The summed E-state index contributed by atoms with van der Waals surface area (Å²) in [5.74, 6) is 0.916. The molecule has 0 atom stereocenters. The quantitative estimate of drug-likeness (QED) is 0.848. The van der Waals surface area contributed by atoms with E-state index in [1.54, 1.807) is 14.2 Å². The summed E-state index contributed by atoms with van der Waals surface area (Å²) >= 11 is 0. The molecule has 5 heteroatoms. The molecule has 1 aromatic rings. The van der Waals surface area contributed by atoms with Gasteiger partial charge in [0.2, 0.25) is 0 Å². The molecule has 2 rings (SSSR count). The van der Waals surface area contributed by atoms with E-state index in [4.69, 9.17) is 9.47 Å². The third kappa shape index (κ3) is 3.29. The molecule has 0 N–H and O–H groups in total. The molecular formula is C16H24N2O3. The Morgan fingerprint density at radius 2 is 1.71 bits per heavy atom. The highest BCUT2D eigenvalue weighted by Crippen LogP contribution is 2.28. The zero-order valence-corrected chi connectivity index (χ0v) is 13.3. The summed E-state index contributed by atoms with van der Waals surface area (Å²) in [4.78, 5) is 16.5. The number of rotatable bonds is 4. The molecule has 1 heterocycles. The Morgan fingerprint density at radius 3 is 2.29 bits per heavy atom. The van der Waals surface area contributed by atoms with E-state index in [1.807, 2.05) is 36.9 Å². The third-order valence-electron chi connectivity index (χ3n) is 4.02. The summed E-state index contributed by atoms with van der Waals surface area (Å²) in [6, 6.07) is 7.98. The molecule has 0 bridgehead atoms. The number of hydrogen-bond donors (Lipinski definition) is 0. The highest BCUT2D eigenvalue weighted by Gasteiger charge is 2.33. The van der Waals surface area contributed by atoms with Gasteiger partial charge >= 0.3 is 0 Å². The van der Waals surface area contributed by atoms with Crippen molar-refractivity contribution in [2.45, 2.75) is 19.4 Å². The number of para-hydroxylation sites is 2. The zero-order valence-electron chi connectivity index (χ0n) is 13.3. The Hall–Kier alpha value is -1.75. The summed E-state index contributed by atoms with van der Waals surface area (Å²) < 4.78 is 10.7. The van der Waals surface area contributed by atoms with Crippen molar-refractivity contribution >= 4 is 11.6 Å². The van der Waals surface area contributed by atoms with Crippen molar-refractivity contribution in [2.24, 2.45) is 0 Å². The van der Waals surface area contributed by atoms with E-state index in [0.29, 0.717) is 13.1 Å². The minimum absolute atomic E-state index is 0.0460. The first-order valence-electron chi connectivity index (χ1n) is 7.22. The maximum Gasteiger partial charge on any atom is 0.254 e. The lowest BCUT2D eigenvalue weighted by molar-refractivity contribution is -0.151. The molecule has 116 valence electrons. The number of nitrogens with zero attached hydrogens (tertiary/aromatic N) is 2. The van der Waals surface area contributed by atoms with Crippen LogP contribution in [-0.2, 0) is 9.53 Å². The topological polar surface area (TPSA) is 42.0 Å². The van der Waals surface area contributed by atoms with Crippen molar-refractivity contribution in [3.05, 3.63) is 24.3 Å². The SMILES string of the molecule is COc1ccccc1N1CCN(C(=O)C(C)(C)OC)CC1. The molecule has 0 radical (unpaired) electrons. The van der Waals surface area contributed by atoms with Gasteiger partial charge in [-0.25, -0.2) is 0 Å². The van der Waals surface area contributed by atoms with Gasteiger partial charge in [0.15, 0.2) is 0 Å². The number of hydrogen-bond acceptors (Lipinski definition) is 4. The van der Waals surface area contributed by atoms with E-state index in [1.165, 1.54) is 0 Å². The molecule has 0 unspecified atom stereocenters. The lowest BCUT2D eigenvalue weighted by Gasteiger charge is -2.39. The van der Waals surface area contributed by atoms with E-state index < -0.39 is 5.60 Å². The predicted octanol–water partition coefficient (Wildman–Crippen LogP) is 1.77. The molecule has 1 fully saturated rings. The number of ether oxygens (including phenoxy) is 2. The minimum Gasteiger partial charge on any atom is -0.495 e. The number of anilines is 1. The van der Waals surface area contributed by atoms with Crippen molar-refractivity contribution in [1.82, 2.24) is 4.90 Å². The Bertz CT molecular complexity index is 494. The van der Waals surface area contributed by atoms with Gasteiger partial charge in [-0.2, -0.15) is 0 Å². The Balaban J connectivity index is 2.02. The van der Waals surface area contributed by atoms with Crippen molar-refractivity contribution in [1.29, 1.82) is 0 Å². The highest BCUT2D eigenvalue weighted by molar-refractivity contribution is 5.84. The predicted molar refractivity (Wildman–Crippen MR) is 82.9 cm³/mol. The highest BCUT2D eigenvalue weighted by atomic mass is 16.5. The van der Waals surface area contributed by atoms with E-state index in [2.05, 4.69) is 11.0 Å². The van der Waals surface area contributed by atoms with Crippen LogP contribution in [0.4, 0.5) is 5.69 Å². The molecule has 21 heavy (non-hydrogen) atoms. The Labute approximate surface area is 126 Å². The van der Waals surface area contributed by atoms with Gasteiger partial charge in [0.05, 0.1) is 12.8 Å². The fourth-order valence-electron chi connectivity index (χ4n) is 2.51. The van der Waals surface area contributed by atoms with Gasteiger partial charge in [0, 0.05) is 33.3 Å². The first-order valence-corrected chi connectivity index (χ1v) is 7.22. The average Bonchev–Trinajstić information content (AvgIpc) is 2.54. The van der Waals surface area contributed by atoms with Crippen LogP contribution in [0.25, 0.3) is 0 Å². The third-order valence-corrected chi connectivity index (χ3v) is 4.02. The molecule has 0 spiro atoms. The number of piperazine rings is 1. The molecule has 1 aliphatic heterocycles. The first kappa shape index (κ1) is 15.6. The van der Waals surface area contributed by atoms with Crippen molar-refractivity contribution in [2.75, 3.05) is 45.3 Å². The Morgan fingerprint density at radius 1 is 1.10 bits per heavy atom. The molecule has 1 amide bonds. The molecule has 0 saturated carbocycles. The fraction of sp³-hybridized carbons (Fsp3) is 0.562. The average molecular weight is 292 g/mol. The molecule has 1 saturated heterocycles. The minimum atomic E-state index is -0.757. The smallest absolute Gasteiger partial charge is 0.254 e. The molecule has 0 aliphatic carbocycles. The number of methoxy groups -OCH3 is 2. The number of amides is 1. The van der Waals surface area contributed by atoms with E-state index in [-0.39, 0.29) is 5.91 Å². The van der Waals surface area contributed by atoms with Crippen LogP contribution in [0.5, 0.6) is 5.75 Å².